The minimum atomic E-state index is -0.204. The van der Waals surface area contributed by atoms with E-state index in [-0.39, 0.29) is 22.2 Å². The highest BCUT2D eigenvalue weighted by Crippen LogP contribution is 2.98. The smallest absolute Gasteiger partial charge is 0.224 e. The Labute approximate surface area is 152 Å². The molecular formula is C22H21NOS. The molecule has 4 aliphatic rings. The van der Waals surface area contributed by atoms with E-state index < -0.39 is 0 Å². The lowest BCUT2D eigenvalue weighted by Crippen LogP contribution is -2.97. The molecule has 4 aliphatic carbocycles. The second-order valence-electron chi connectivity index (χ2n) is 8.46. The van der Waals surface area contributed by atoms with Gasteiger partial charge in [0.15, 0.2) is 0 Å². The molecule has 25 heavy (non-hydrogen) atoms. The zero-order valence-electron chi connectivity index (χ0n) is 14.0. The van der Waals surface area contributed by atoms with E-state index in [9.17, 15) is 4.79 Å². The minimum Gasteiger partial charge on any atom is -0.369 e. The number of nitrogens with two attached hydrogens (primary N) is 1. The van der Waals surface area contributed by atoms with Gasteiger partial charge in [0, 0.05) is 21.0 Å². The first-order chi connectivity index (χ1) is 12.2. The van der Waals surface area contributed by atoms with Gasteiger partial charge in [-0.25, -0.2) is 0 Å². The molecule has 2 aromatic carbocycles. The van der Waals surface area contributed by atoms with Crippen LogP contribution in [0.5, 0.6) is 0 Å². The van der Waals surface area contributed by atoms with Gasteiger partial charge in [0.2, 0.25) is 5.91 Å². The molecule has 1 spiro atoms. The highest BCUT2D eigenvalue weighted by molar-refractivity contribution is 8.00. The summed E-state index contributed by atoms with van der Waals surface area (Å²) >= 11 is 2.03. The second kappa shape index (κ2) is 4.32. The SMILES string of the molecule is NC(=O)C12CC3C(Sc4ccccc4)C4CC(c5ccccc5)(C1)C342. The van der Waals surface area contributed by atoms with Gasteiger partial charge < -0.3 is 5.73 Å². The molecule has 4 fully saturated rings. The second-order valence-corrected chi connectivity index (χ2v) is 9.71. The Hall–Kier alpha value is -1.74. The van der Waals surface area contributed by atoms with E-state index in [0.717, 1.165) is 12.8 Å². The van der Waals surface area contributed by atoms with Crippen molar-refractivity contribution >= 4 is 17.7 Å². The fraction of sp³-hybridized carbons (Fsp3) is 0.409. The van der Waals surface area contributed by atoms with E-state index in [4.69, 9.17) is 5.73 Å². The van der Waals surface area contributed by atoms with Crippen molar-refractivity contribution in [3.63, 3.8) is 0 Å². The molecule has 6 atom stereocenters. The zero-order chi connectivity index (χ0) is 16.9. The van der Waals surface area contributed by atoms with Crippen LogP contribution in [0.25, 0.3) is 0 Å². The quantitative estimate of drug-likeness (QED) is 0.908. The van der Waals surface area contributed by atoms with Crippen molar-refractivity contribution in [1.29, 1.82) is 0 Å². The van der Waals surface area contributed by atoms with Gasteiger partial charge in [0.1, 0.15) is 0 Å². The highest BCUT2D eigenvalue weighted by atomic mass is 32.2. The van der Waals surface area contributed by atoms with Gasteiger partial charge in [-0.15, -0.1) is 11.8 Å². The summed E-state index contributed by atoms with van der Waals surface area (Å²) in [6, 6.07) is 21.6. The summed E-state index contributed by atoms with van der Waals surface area (Å²) in [6.45, 7) is 0. The van der Waals surface area contributed by atoms with Crippen LogP contribution in [-0.4, -0.2) is 11.2 Å². The molecule has 2 aromatic rings. The largest absolute Gasteiger partial charge is 0.369 e. The van der Waals surface area contributed by atoms with E-state index in [0.29, 0.717) is 17.1 Å². The average molecular weight is 347 g/mol. The fourth-order valence-electron chi connectivity index (χ4n) is 7.49. The van der Waals surface area contributed by atoms with Crippen molar-refractivity contribution in [2.24, 2.45) is 28.4 Å². The first kappa shape index (κ1) is 14.4. The van der Waals surface area contributed by atoms with Gasteiger partial charge in [-0.05, 0) is 48.8 Å². The number of primary amides is 1. The van der Waals surface area contributed by atoms with Crippen LogP contribution in [0.3, 0.4) is 0 Å². The van der Waals surface area contributed by atoms with Crippen molar-refractivity contribution in [2.45, 2.75) is 34.8 Å². The molecule has 6 rings (SSSR count). The molecule has 0 aromatic heterocycles. The summed E-state index contributed by atoms with van der Waals surface area (Å²) in [5, 5.41) is 0.659. The zero-order valence-corrected chi connectivity index (χ0v) is 14.8. The third-order valence-corrected chi connectivity index (χ3v) is 9.57. The van der Waals surface area contributed by atoms with Gasteiger partial charge in [0.05, 0.1) is 5.41 Å². The van der Waals surface area contributed by atoms with Crippen molar-refractivity contribution < 1.29 is 4.79 Å². The summed E-state index contributed by atoms with van der Waals surface area (Å²) in [5.74, 6) is 1.26. The van der Waals surface area contributed by atoms with Crippen LogP contribution in [0.4, 0.5) is 0 Å². The van der Waals surface area contributed by atoms with Crippen molar-refractivity contribution in [3.8, 4) is 0 Å². The van der Waals surface area contributed by atoms with Gasteiger partial charge in [-0.1, -0.05) is 48.5 Å². The number of hydrogen-bond donors (Lipinski definition) is 1. The molecule has 3 heteroatoms. The Kier molecular flexibility index (Phi) is 2.49. The Balaban J connectivity index is 1.37. The van der Waals surface area contributed by atoms with Crippen LogP contribution in [0.15, 0.2) is 65.6 Å². The van der Waals surface area contributed by atoms with E-state index in [1.165, 1.54) is 16.9 Å². The number of rotatable bonds is 4. The van der Waals surface area contributed by atoms with Crippen molar-refractivity contribution in [3.05, 3.63) is 66.2 Å². The lowest BCUT2D eigenvalue weighted by atomic mass is 9.07. The fourth-order valence-corrected chi connectivity index (χ4v) is 9.07. The molecule has 1 amide bonds. The summed E-state index contributed by atoms with van der Waals surface area (Å²) in [7, 11) is 0. The topological polar surface area (TPSA) is 43.1 Å². The van der Waals surface area contributed by atoms with Gasteiger partial charge in [0.25, 0.3) is 0 Å². The van der Waals surface area contributed by atoms with Gasteiger partial charge >= 0.3 is 0 Å². The lowest BCUT2D eigenvalue weighted by molar-refractivity contribution is -0.424. The lowest BCUT2D eigenvalue weighted by Gasteiger charge is -2.96. The van der Waals surface area contributed by atoms with E-state index in [1.807, 2.05) is 11.8 Å². The summed E-state index contributed by atoms with van der Waals surface area (Å²) in [6.07, 6.45) is 3.22. The number of benzene rings is 2. The predicted octanol–water partition coefficient (Wildman–Crippen LogP) is 4.00. The summed E-state index contributed by atoms with van der Waals surface area (Å²) in [5.41, 5.74) is 7.57. The average Bonchev–Trinajstić information content (AvgIpc) is 2.58. The van der Waals surface area contributed by atoms with E-state index in [1.54, 1.807) is 0 Å². The predicted molar refractivity (Wildman–Crippen MR) is 99.1 cm³/mol. The summed E-state index contributed by atoms with van der Waals surface area (Å²) in [4.78, 5) is 13.7. The maximum Gasteiger partial charge on any atom is 0.224 e. The molecule has 126 valence electrons. The van der Waals surface area contributed by atoms with Crippen LogP contribution in [0, 0.1) is 22.7 Å². The molecule has 2 N–H and O–H groups in total. The number of hydrogen-bond acceptors (Lipinski definition) is 2. The Morgan fingerprint density at radius 3 is 2.24 bits per heavy atom. The van der Waals surface area contributed by atoms with Crippen LogP contribution < -0.4 is 5.73 Å². The van der Waals surface area contributed by atoms with Crippen LogP contribution in [0.1, 0.15) is 24.8 Å². The number of amides is 1. The molecule has 6 unspecified atom stereocenters. The van der Waals surface area contributed by atoms with Crippen molar-refractivity contribution in [2.75, 3.05) is 0 Å². The normalized spacial score (nSPS) is 44.9. The first-order valence-corrected chi connectivity index (χ1v) is 10.1. The van der Waals surface area contributed by atoms with Crippen molar-refractivity contribution in [1.82, 2.24) is 0 Å². The van der Waals surface area contributed by atoms with E-state index >= 15 is 0 Å². The standard InChI is InChI=1S/C22H21NOS/c23-19(24)21-12-17-18(25-15-9-5-2-6-10-15)16-11-20(13-21,22(16,17)21)14-7-3-1-4-8-14/h1-10,16-18H,11-13H2,(H2,23,24). The van der Waals surface area contributed by atoms with E-state index in [2.05, 4.69) is 60.7 Å². The number of carbonyl (C=O) groups excluding carboxylic acids is 1. The van der Waals surface area contributed by atoms with Gasteiger partial charge in [-0.2, -0.15) is 0 Å². The summed E-state index contributed by atoms with van der Waals surface area (Å²) < 4.78 is 0. The van der Waals surface area contributed by atoms with Crippen LogP contribution >= 0.6 is 11.8 Å². The van der Waals surface area contributed by atoms with Crippen LogP contribution in [-0.2, 0) is 10.2 Å². The molecule has 0 saturated heterocycles. The maximum absolute atomic E-state index is 12.4. The Morgan fingerprint density at radius 2 is 1.60 bits per heavy atom. The monoisotopic (exact) mass is 347 g/mol. The molecule has 0 aliphatic heterocycles. The number of carbonyl (C=O) groups is 1. The highest BCUT2D eigenvalue weighted by Gasteiger charge is 2.98. The molecule has 2 nitrogen and oxygen atoms in total. The van der Waals surface area contributed by atoms with Gasteiger partial charge in [-0.3, -0.25) is 4.79 Å². The molecule has 4 saturated carbocycles. The number of thioether (sulfide) groups is 1. The first-order valence-electron chi connectivity index (χ1n) is 9.23. The third kappa shape index (κ3) is 1.29. The molecule has 0 radical (unpaired) electrons. The Bertz CT molecular complexity index is 875. The third-order valence-electron chi connectivity index (χ3n) is 8.10. The Morgan fingerprint density at radius 1 is 0.960 bits per heavy atom. The molecule has 0 heterocycles. The maximum atomic E-state index is 12.4. The molecule has 0 bridgehead atoms. The van der Waals surface area contributed by atoms with Crippen LogP contribution in [0.2, 0.25) is 0 Å². The minimum absolute atomic E-state index is 0.0387. The molecular weight excluding hydrogens is 326 g/mol.